The van der Waals surface area contributed by atoms with E-state index in [4.69, 9.17) is 6.48 Å². The Morgan fingerprint density at radius 2 is 1.53 bits per heavy atom. The molecule has 0 aliphatic heterocycles. The molecule has 0 aromatic rings. The molecule has 0 radical (unpaired) electrons. The smallest absolute Gasteiger partial charge is 0.303 e. The first kappa shape index (κ1) is 12.5. The highest BCUT2D eigenvalue weighted by atomic mass is 16.4. The molecule has 0 heterocycles. The van der Waals surface area contributed by atoms with E-state index < -0.39 is 5.97 Å². The van der Waals surface area contributed by atoms with E-state index in [1.54, 1.807) is 0 Å². The van der Waals surface area contributed by atoms with Gasteiger partial charge in [0.2, 0.25) is 0 Å². The van der Waals surface area contributed by atoms with Crippen molar-refractivity contribution in [3.05, 3.63) is 0 Å². The van der Waals surface area contributed by atoms with Crippen LogP contribution in [0.3, 0.4) is 0 Å². The second-order valence-corrected chi connectivity index (χ2v) is 4.13. The number of unbranched alkanes of at least 4 members (excludes halogenated alkanes) is 5. The van der Waals surface area contributed by atoms with Crippen molar-refractivity contribution in [2.45, 2.75) is 77.5 Å². The predicted octanol–water partition coefficient (Wildman–Crippen LogP) is 4.38. The standard InChI is InChI=1S/C13H26O2/c1-2-3-4-5-6-7-8-9-10-11-12-13(14)15/h2-12H2,1H3,(H,14,15)/i4D/t4-/m0/s1. The van der Waals surface area contributed by atoms with E-state index in [2.05, 4.69) is 6.92 Å². The number of aliphatic carboxylic acids is 1. The molecule has 0 spiro atoms. The van der Waals surface area contributed by atoms with Crippen LogP contribution in [0.1, 0.15) is 78.9 Å². The van der Waals surface area contributed by atoms with Crippen molar-refractivity contribution in [2.75, 3.05) is 0 Å². The lowest BCUT2D eigenvalue weighted by molar-refractivity contribution is -0.137. The summed E-state index contributed by atoms with van der Waals surface area (Å²) in [6.07, 6.45) is 10.2. The molecule has 0 unspecified atom stereocenters. The van der Waals surface area contributed by atoms with E-state index in [1.165, 1.54) is 12.8 Å². The molecule has 2 nitrogen and oxygen atoms in total. The van der Waals surface area contributed by atoms with Gasteiger partial charge in [0.15, 0.2) is 0 Å². The number of carbonyl (C=O) groups is 1. The Morgan fingerprint density at radius 3 is 2.07 bits per heavy atom. The van der Waals surface area contributed by atoms with Crippen LogP contribution in [0.15, 0.2) is 0 Å². The molecule has 0 saturated carbocycles. The zero-order valence-corrected chi connectivity index (χ0v) is 10.0. The van der Waals surface area contributed by atoms with Crippen LogP contribution in [-0.4, -0.2) is 11.1 Å². The molecule has 0 aliphatic rings. The molecule has 0 amide bonds. The minimum absolute atomic E-state index is 0.136. The molecular formula is C13H26O2. The highest BCUT2D eigenvalue weighted by Gasteiger charge is 1.96. The van der Waals surface area contributed by atoms with Crippen LogP contribution in [0.2, 0.25) is 0 Å². The van der Waals surface area contributed by atoms with Crippen molar-refractivity contribution in [1.29, 1.82) is 0 Å². The lowest BCUT2D eigenvalue weighted by Crippen LogP contribution is -1.93. The monoisotopic (exact) mass is 215 g/mol. The van der Waals surface area contributed by atoms with Crippen molar-refractivity contribution in [1.82, 2.24) is 0 Å². The first-order chi connectivity index (χ1) is 7.66. The summed E-state index contributed by atoms with van der Waals surface area (Å²) in [5.74, 6) is -0.684. The van der Waals surface area contributed by atoms with Crippen LogP contribution in [0.25, 0.3) is 0 Å². The van der Waals surface area contributed by atoms with Crippen molar-refractivity contribution >= 4 is 5.97 Å². The Labute approximate surface area is 95.5 Å². The predicted molar refractivity (Wildman–Crippen MR) is 64.1 cm³/mol. The van der Waals surface area contributed by atoms with Crippen molar-refractivity contribution < 1.29 is 11.3 Å². The van der Waals surface area contributed by atoms with Crippen molar-refractivity contribution in [3.63, 3.8) is 0 Å². The molecule has 90 valence electrons. The highest BCUT2D eigenvalue weighted by molar-refractivity contribution is 5.66. The van der Waals surface area contributed by atoms with Crippen LogP contribution in [0, 0.1) is 0 Å². The van der Waals surface area contributed by atoms with E-state index in [-0.39, 0.29) is 6.40 Å². The van der Waals surface area contributed by atoms with E-state index in [1.807, 2.05) is 0 Å². The topological polar surface area (TPSA) is 37.3 Å². The molecule has 0 fully saturated rings. The van der Waals surface area contributed by atoms with Gasteiger partial charge in [-0.2, -0.15) is 0 Å². The van der Waals surface area contributed by atoms with E-state index >= 15 is 0 Å². The molecule has 0 aliphatic carbocycles. The number of carboxylic acids is 1. The first-order valence-electron chi connectivity index (χ1n) is 6.88. The SMILES string of the molecule is [2H][C@@H](CCC)CCCCCCCCC(=O)O. The van der Waals surface area contributed by atoms with E-state index in [0.29, 0.717) is 6.42 Å². The summed E-state index contributed by atoms with van der Waals surface area (Å²) < 4.78 is 7.70. The second kappa shape index (κ2) is 11.5. The third-order valence-corrected chi connectivity index (χ3v) is 2.54. The summed E-state index contributed by atoms with van der Waals surface area (Å²) in [7, 11) is 0. The van der Waals surface area contributed by atoms with Crippen molar-refractivity contribution in [3.8, 4) is 0 Å². The summed E-state index contributed by atoms with van der Waals surface area (Å²) in [5.41, 5.74) is 0. The van der Waals surface area contributed by atoms with Gasteiger partial charge in [0, 0.05) is 7.79 Å². The summed E-state index contributed by atoms with van der Waals surface area (Å²) in [6, 6.07) is 0. The maximum Gasteiger partial charge on any atom is 0.303 e. The lowest BCUT2D eigenvalue weighted by atomic mass is 10.1. The van der Waals surface area contributed by atoms with Gasteiger partial charge in [0.05, 0.1) is 0 Å². The highest BCUT2D eigenvalue weighted by Crippen LogP contribution is 2.10. The Hall–Kier alpha value is -0.530. The fraction of sp³-hybridized carbons (Fsp3) is 0.923. The zero-order chi connectivity index (χ0) is 12.2. The molecule has 2 heteroatoms. The van der Waals surface area contributed by atoms with Gasteiger partial charge in [-0.3, -0.25) is 4.79 Å². The normalized spacial score (nSPS) is 13.5. The number of carboxylic acid groups (broad SMARTS) is 1. The fourth-order valence-corrected chi connectivity index (χ4v) is 1.62. The summed E-state index contributed by atoms with van der Waals surface area (Å²) in [5, 5.41) is 8.44. The number of hydrogen-bond donors (Lipinski definition) is 1. The number of rotatable bonds is 11. The third-order valence-electron chi connectivity index (χ3n) is 2.54. The summed E-state index contributed by atoms with van der Waals surface area (Å²) >= 11 is 0. The average molecular weight is 215 g/mol. The van der Waals surface area contributed by atoms with Crippen LogP contribution in [0.4, 0.5) is 0 Å². The van der Waals surface area contributed by atoms with Gasteiger partial charge in [-0.25, -0.2) is 0 Å². The van der Waals surface area contributed by atoms with Gasteiger partial charge >= 0.3 is 5.97 Å². The molecule has 0 rings (SSSR count). The Kier molecular flexibility index (Phi) is 9.65. The lowest BCUT2D eigenvalue weighted by Gasteiger charge is -2.01. The molecule has 0 aromatic heterocycles. The van der Waals surface area contributed by atoms with E-state index in [9.17, 15) is 4.79 Å². The van der Waals surface area contributed by atoms with Crippen LogP contribution < -0.4 is 0 Å². The Bertz CT molecular complexity index is 171. The van der Waals surface area contributed by atoms with Gasteiger partial charge in [-0.05, 0) is 6.42 Å². The molecule has 15 heavy (non-hydrogen) atoms. The van der Waals surface area contributed by atoms with Crippen LogP contribution >= 0.6 is 0 Å². The van der Waals surface area contributed by atoms with Gasteiger partial charge < -0.3 is 5.11 Å². The molecule has 1 N–H and O–H groups in total. The molecule has 0 aromatic carbocycles. The Balaban J connectivity index is 3.06. The minimum Gasteiger partial charge on any atom is -0.481 e. The van der Waals surface area contributed by atoms with Gasteiger partial charge in [0.25, 0.3) is 0 Å². The number of hydrogen-bond acceptors (Lipinski definition) is 1. The van der Waals surface area contributed by atoms with Crippen molar-refractivity contribution in [2.24, 2.45) is 0 Å². The molecular weight excluding hydrogens is 188 g/mol. The quantitative estimate of drug-likeness (QED) is 0.519. The summed E-state index contributed by atoms with van der Waals surface area (Å²) in [6.45, 7) is 2.13. The first-order valence-corrected chi connectivity index (χ1v) is 6.30. The average Bonchev–Trinajstić information content (AvgIpc) is 2.22. The second-order valence-electron chi connectivity index (χ2n) is 4.13. The third kappa shape index (κ3) is 13.5. The maximum atomic E-state index is 10.3. The molecule has 0 bridgehead atoms. The maximum absolute atomic E-state index is 10.3. The van der Waals surface area contributed by atoms with Gasteiger partial charge in [0.1, 0.15) is 0 Å². The minimum atomic E-state index is -0.684. The zero-order valence-electron chi connectivity index (χ0n) is 11.0. The summed E-state index contributed by atoms with van der Waals surface area (Å²) in [4.78, 5) is 10.3. The molecule has 1 atom stereocenters. The largest absolute Gasteiger partial charge is 0.481 e. The molecule has 0 saturated heterocycles. The van der Waals surface area contributed by atoms with Gasteiger partial charge in [-0.15, -0.1) is 0 Å². The fourth-order valence-electron chi connectivity index (χ4n) is 1.62. The van der Waals surface area contributed by atoms with Crippen LogP contribution in [0.5, 0.6) is 0 Å². The van der Waals surface area contributed by atoms with Crippen LogP contribution in [-0.2, 0) is 4.79 Å². The van der Waals surface area contributed by atoms with E-state index in [0.717, 1.165) is 44.9 Å². The van der Waals surface area contributed by atoms with Gasteiger partial charge in [-0.1, -0.05) is 64.7 Å². The Morgan fingerprint density at radius 1 is 1.00 bits per heavy atom.